The normalized spacial score (nSPS) is 12.9. The molecule has 9 aromatic carbocycles. The van der Waals surface area contributed by atoms with Gasteiger partial charge in [0.25, 0.3) is 0 Å². The van der Waals surface area contributed by atoms with Crippen LogP contribution in [0.25, 0.3) is 77.5 Å². The molecule has 1 aromatic heterocycles. The molecule has 1 aliphatic rings. The Morgan fingerprint density at radius 2 is 0.982 bits per heavy atom. The van der Waals surface area contributed by atoms with Gasteiger partial charge in [-0.05, 0) is 115 Å². The molecule has 0 unspecified atom stereocenters. The van der Waals surface area contributed by atoms with Gasteiger partial charge in [-0.3, -0.25) is 0 Å². The van der Waals surface area contributed by atoms with Crippen LogP contribution >= 0.6 is 0 Å². The van der Waals surface area contributed by atoms with E-state index in [4.69, 9.17) is 9.40 Å². The number of rotatable bonds is 6. The molecule has 1 heterocycles. The highest BCUT2D eigenvalue weighted by atomic mass is 16.3. The van der Waals surface area contributed by atoms with Crippen LogP contribution in [0.1, 0.15) is 25.0 Å². The lowest BCUT2D eigenvalue weighted by atomic mass is 9.82. The molecule has 1 aliphatic carbocycles. The summed E-state index contributed by atoms with van der Waals surface area (Å²) in [7, 11) is 0. The average molecular weight is 731 g/mol. The first-order valence-corrected chi connectivity index (χ1v) is 19.6. The quantitative estimate of drug-likeness (QED) is 0.160. The molecule has 0 saturated heterocycles. The number of oxazole rings is 1. The molecule has 57 heavy (non-hydrogen) atoms. The second-order valence-electron chi connectivity index (χ2n) is 15.6. The zero-order valence-electron chi connectivity index (χ0n) is 31.8. The molecule has 0 N–H and O–H groups in total. The van der Waals surface area contributed by atoms with Crippen LogP contribution in [-0.4, -0.2) is 4.98 Å². The van der Waals surface area contributed by atoms with Gasteiger partial charge in [-0.1, -0.05) is 153 Å². The highest BCUT2D eigenvalue weighted by Crippen LogP contribution is 2.51. The summed E-state index contributed by atoms with van der Waals surface area (Å²) >= 11 is 0. The zero-order valence-corrected chi connectivity index (χ0v) is 31.8. The van der Waals surface area contributed by atoms with Crippen molar-refractivity contribution in [2.45, 2.75) is 19.3 Å². The van der Waals surface area contributed by atoms with Crippen molar-refractivity contribution in [3.63, 3.8) is 0 Å². The van der Waals surface area contributed by atoms with Gasteiger partial charge in [0.05, 0.1) is 0 Å². The number of anilines is 3. The van der Waals surface area contributed by atoms with Crippen LogP contribution in [0, 0.1) is 0 Å². The first-order valence-electron chi connectivity index (χ1n) is 19.6. The van der Waals surface area contributed by atoms with E-state index in [1.165, 1.54) is 44.5 Å². The summed E-state index contributed by atoms with van der Waals surface area (Å²) in [4.78, 5) is 7.34. The van der Waals surface area contributed by atoms with Gasteiger partial charge in [0.1, 0.15) is 5.52 Å². The molecule has 0 atom stereocenters. The van der Waals surface area contributed by atoms with E-state index in [1.807, 2.05) is 30.3 Å². The number of hydrogen-bond acceptors (Lipinski definition) is 3. The van der Waals surface area contributed by atoms with Crippen LogP contribution in [0.2, 0.25) is 0 Å². The SMILES string of the molecule is CC1(C)c2ccccc2-c2ccc(N(c3ccc(-c4ccccc4-c4ccccc4)cc3)c3ccc4ccc5ccc6nc(-c7ccccc7)oc6c5c4c3)cc21. The molecule has 270 valence electrons. The minimum absolute atomic E-state index is 0.132. The van der Waals surface area contributed by atoms with Crippen molar-refractivity contribution in [1.82, 2.24) is 4.98 Å². The second-order valence-corrected chi connectivity index (χ2v) is 15.6. The molecule has 0 bridgehead atoms. The zero-order chi connectivity index (χ0) is 38.1. The number of benzene rings is 9. The maximum Gasteiger partial charge on any atom is 0.227 e. The van der Waals surface area contributed by atoms with Crippen LogP contribution in [0.15, 0.2) is 199 Å². The van der Waals surface area contributed by atoms with Crippen molar-refractivity contribution < 1.29 is 4.42 Å². The molecular weight excluding hydrogens is 693 g/mol. The lowest BCUT2D eigenvalue weighted by Crippen LogP contribution is -2.16. The van der Waals surface area contributed by atoms with E-state index in [0.717, 1.165) is 55.3 Å². The number of aromatic nitrogens is 1. The smallest absolute Gasteiger partial charge is 0.227 e. The van der Waals surface area contributed by atoms with Gasteiger partial charge in [-0.2, -0.15) is 0 Å². The first-order chi connectivity index (χ1) is 28.0. The Bertz CT molecular complexity index is 3140. The van der Waals surface area contributed by atoms with E-state index in [9.17, 15) is 0 Å². The molecule has 10 aromatic rings. The minimum atomic E-state index is -0.132. The standard InChI is InChI=1S/C54H38N2O/c1-54(2)48-20-12-11-19-45(48)46-31-30-42(34-49(46)54)56(40-27-23-36(24-28-40)44-18-10-9-17-43(44)35-13-5-3-6-14-35)41-29-25-37-21-22-38-26-32-50-52(51(38)47(37)33-41)57-53(55-50)39-15-7-4-8-16-39/h3-34H,1-2H3. The minimum Gasteiger partial charge on any atom is -0.435 e. The van der Waals surface area contributed by atoms with Crippen molar-refractivity contribution in [2.75, 3.05) is 4.90 Å². The van der Waals surface area contributed by atoms with Crippen molar-refractivity contribution in [2.24, 2.45) is 0 Å². The Hall–Kier alpha value is -7.23. The van der Waals surface area contributed by atoms with E-state index in [1.54, 1.807) is 0 Å². The van der Waals surface area contributed by atoms with E-state index in [-0.39, 0.29) is 5.41 Å². The monoisotopic (exact) mass is 730 g/mol. The van der Waals surface area contributed by atoms with Crippen LogP contribution < -0.4 is 4.90 Å². The molecule has 11 rings (SSSR count). The molecule has 0 spiro atoms. The largest absolute Gasteiger partial charge is 0.435 e. The summed E-state index contributed by atoms with van der Waals surface area (Å²) in [5.74, 6) is 0.628. The third-order valence-electron chi connectivity index (χ3n) is 11.9. The van der Waals surface area contributed by atoms with Crippen molar-refractivity contribution in [3.05, 3.63) is 205 Å². The maximum atomic E-state index is 6.62. The maximum absolute atomic E-state index is 6.62. The van der Waals surface area contributed by atoms with Gasteiger partial charge < -0.3 is 9.32 Å². The summed E-state index contributed by atoms with van der Waals surface area (Å²) in [5, 5.41) is 4.46. The number of nitrogens with zero attached hydrogens (tertiary/aromatic N) is 2. The van der Waals surface area contributed by atoms with Gasteiger partial charge in [0, 0.05) is 33.4 Å². The highest BCUT2D eigenvalue weighted by molar-refractivity contribution is 6.18. The van der Waals surface area contributed by atoms with Gasteiger partial charge in [-0.25, -0.2) is 4.98 Å². The molecule has 0 aliphatic heterocycles. The van der Waals surface area contributed by atoms with Gasteiger partial charge >= 0.3 is 0 Å². The van der Waals surface area contributed by atoms with Crippen LogP contribution in [0.3, 0.4) is 0 Å². The predicted molar refractivity (Wildman–Crippen MR) is 238 cm³/mol. The summed E-state index contributed by atoms with van der Waals surface area (Å²) in [5.41, 5.74) is 15.9. The van der Waals surface area contributed by atoms with Gasteiger partial charge in [0.15, 0.2) is 5.58 Å². The van der Waals surface area contributed by atoms with E-state index in [2.05, 4.69) is 183 Å². The number of fused-ring (bicyclic) bond motifs is 8. The lowest BCUT2D eigenvalue weighted by Gasteiger charge is -2.28. The highest BCUT2D eigenvalue weighted by Gasteiger charge is 2.35. The summed E-state index contributed by atoms with van der Waals surface area (Å²) < 4.78 is 6.62. The van der Waals surface area contributed by atoms with Crippen molar-refractivity contribution >= 4 is 49.7 Å². The Labute approximate surface area is 332 Å². The summed E-state index contributed by atoms with van der Waals surface area (Å²) in [6.07, 6.45) is 0. The first kappa shape index (κ1) is 33.1. The summed E-state index contributed by atoms with van der Waals surface area (Å²) in [6.45, 7) is 4.69. The second kappa shape index (κ2) is 12.9. The van der Waals surface area contributed by atoms with Crippen LogP contribution in [-0.2, 0) is 5.41 Å². The van der Waals surface area contributed by atoms with Crippen molar-refractivity contribution in [3.8, 4) is 44.8 Å². The predicted octanol–water partition coefficient (Wildman–Crippen LogP) is 14.9. The molecule has 0 amide bonds. The Morgan fingerprint density at radius 1 is 0.439 bits per heavy atom. The Balaban J connectivity index is 1.10. The fourth-order valence-electron chi connectivity index (χ4n) is 9.03. The van der Waals surface area contributed by atoms with E-state index < -0.39 is 0 Å². The topological polar surface area (TPSA) is 29.3 Å². The number of hydrogen-bond donors (Lipinski definition) is 0. The average Bonchev–Trinajstić information content (AvgIpc) is 3.81. The van der Waals surface area contributed by atoms with Crippen LogP contribution in [0.4, 0.5) is 17.1 Å². The van der Waals surface area contributed by atoms with Crippen molar-refractivity contribution in [1.29, 1.82) is 0 Å². The van der Waals surface area contributed by atoms with E-state index in [0.29, 0.717) is 5.89 Å². The lowest BCUT2D eigenvalue weighted by molar-refractivity contribution is 0.623. The van der Waals surface area contributed by atoms with Gasteiger partial charge in [0.2, 0.25) is 5.89 Å². The summed E-state index contributed by atoms with van der Waals surface area (Å²) in [6, 6.07) is 69.8. The fraction of sp³-hybridized carbons (Fsp3) is 0.0556. The van der Waals surface area contributed by atoms with Gasteiger partial charge in [-0.15, -0.1) is 0 Å². The molecule has 0 fully saturated rings. The van der Waals surface area contributed by atoms with Crippen LogP contribution in [0.5, 0.6) is 0 Å². The Kier molecular flexibility index (Phi) is 7.52. The molecule has 0 radical (unpaired) electrons. The van der Waals surface area contributed by atoms with E-state index >= 15 is 0 Å². The molecular formula is C54H38N2O. The third-order valence-corrected chi connectivity index (χ3v) is 11.9. The fourth-order valence-corrected chi connectivity index (χ4v) is 9.03. The molecule has 3 nitrogen and oxygen atoms in total. The Morgan fingerprint density at radius 3 is 1.74 bits per heavy atom. The molecule has 3 heteroatoms. The third kappa shape index (κ3) is 5.38. The molecule has 0 saturated carbocycles.